The first-order valence-corrected chi connectivity index (χ1v) is 7.94. The standard InChI is InChI=1S/C16H22BrN3/c1-4-14-9-15(5-2)20(19-14)11-13-7-6-12(10-18-3)8-16(13)17/h6-9,18H,4-5,10-11H2,1-3H3. The van der Waals surface area contributed by atoms with Gasteiger partial charge in [0.2, 0.25) is 0 Å². The van der Waals surface area contributed by atoms with Crippen LogP contribution in [-0.2, 0) is 25.9 Å². The van der Waals surface area contributed by atoms with Crippen LogP contribution in [0.1, 0.15) is 36.4 Å². The summed E-state index contributed by atoms with van der Waals surface area (Å²) < 4.78 is 3.28. The molecular formula is C16H22BrN3. The molecular weight excluding hydrogens is 314 g/mol. The van der Waals surface area contributed by atoms with Gasteiger partial charge in [-0.05, 0) is 43.1 Å². The van der Waals surface area contributed by atoms with Crippen LogP contribution in [0.3, 0.4) is 0 Å². The summed E-state index contributed by atoms with van der Waals surface area (Å²) in [5.74, 6) is 0. The summed E-state index contributed by atoms with van der Waals surface area (Å²) >= 11 is 3.68. The second-order valence-electron chi connectivity index (χ2n) is 4.95. The van der Waals surface area contributed by atoms with Gasteiger partial charge in [-0.15, -0.1) is 0 Å². The monoisotopic (exact) mass is 335 g/mol. The predicted molar refractivity (Wildman–Crippen MR) is 87.0 cm³/mol. The summed E-state index contributed by atoms with van der Waals surface area (Å²) in [4.78, 5) is 0. The van der Waals surface area contributed by atoms with Crippen LogP contribution in [0.4, 0.5) is 0 Å². The molecule has 0 saturated heterocycles. The number of nitrogens with zero attached hydrogens (tertiary/aromatic N) is 2. The van der Waals surface area contributed by atoms with Crippen LogP contribution in [-0.4, -0.2) is 16.8 Å². The molecule has 0 spiro atoms. The predicted octanol–water partition coefficient (Wildman–Crippen LogP) is 3.54. The summed E-state index contributed by atoms with van der Waals surface area (Å²) in [5.41, 5.74) is 5.02. The molecule has 0 amide bonds. The molecule has 4 heteroatoms. The molecule has 0 aliphatic carbocycles. The summed E-state index contributed by atoms with van der Waals surface area (Å²) in [6, 6.07) is 8.75. The fourth-order valence-corrected chi connectivity index (χ4v) is 2.86. The Balaban J connectivity index is 2.23. The first-order valence-electron chi connectivity index (χ1n) is 7.15. The summed E-state index contributed by atoms with van der Waals surface area (Å²) in [5, 5.41) is 7.85. The van der Waals surface area contributed by atoms with Crippen molar-refractivity contribution in [3.8, 4) is 0 Å². The van der Waals surface area contributed by atoms with Crippen molar-refractivity contribution >= 4 is 15.9 Å². The van der Waals surface area contributed by atoms with Gasteiger partial charge in [0, 0.05) is 16.7 Å². The van der Waals surface area contributed by atoms with Crippen LogP contribution in [0.25, 0.3) is 0 Å². The fourth-order valence-electron chi connectivity index (χ4n) is 2.30. The van der Waals surface area contributed by atoms with Crippen LogP contribution >= 0.6 is 15.9 Å². The normalized spacial score (nSPS) is 11.0. The Hall–Kier alpha value is -1.13. The van der Waals surface area contributed by atoms with E-state index >= 15 is 0 Å². The van der Waals surface area contributed by atoms with Crippen molar-refractivity contribution < 1.29 is 0 Å². The summed E-state index contributed by atoms with van der Waals surface area (Å²) in [6.07, 6.45) is 2.00. The van der Waals surface area contributed by atoms with Gasteiger partial charge in [0.05, 0.1) is 12.2 Å². The van der Waals surface area contributed by atoms with Gasteiger partial charge < -0.3 is 5.32 Å². The smallest absolute Gasteiger partial charge is 0.0673 e. The van der Waals surface area contributed by atoms with E-state index in [0.717, 1.165) is 30.4 Å². The Morgan fingerprint density at radius 1 is 1.20 bits per heavy atom. The minimum Gasteiger partial charge on any atom is -0.316 e. The molecule has 1 aromatic carbocycles. The van der Waals surface area contributed by atoms with Crippen molar-refractivity contribution in [1.82, 2.24) is 15.1 Å². The minimum atomic E-state index is 0.823. The van der Waals surface area contributed by atoms with Gasteiger partial charge in [-0.25, -0.2) is 0 Å². The topological polar surface area (TPSA) is 29.9 Å². The van der Waals surface area contributed by atoms with Gasteiger partial charge in [0.25, 0.3) is 0 Å². The zero-order valence-corrected chi connectivity index (χ0v) is 14.0. The highest BCUT2D eigenvalue weighted by Crippen LogP contribution is 2.20. The molecule has 2 aromatic rings. The van der Waals surface area contributed by atoms with Gasteiger partial charge in [-0.2, -0.15) is 5.10 Å². The molecule has 20 heavy (non-hydrogen) atoms. The van der Waals surface area contributed by atoms with Crippen molar-refractivity contribution in [3.63, 3.8) is 0 Å². The maximum atomic E-state index is 4.68. The molecule has 0 aliphatic rings. The van der Waals surface area contributed by atoms with Gasteiger partial charge in [-0.3, -0.25) is 4.68 Å². The molecule has 0 atom stereocenters. The van der Waals surface area contributed by atoms with Gasteiger partial charge in [0.1, 0.15) is 0 Å². The highest BCUT2D eigenvalue weighted by atomic mass is 79.9. The molecule has 108 valence electrons. The van der Waals surface area contributed by atoms with E-state index in [2.05, 4.69) is 69.1 Å². The molecule has 0 bridgehead atoms. The molecule has 0 unspecified atom stereocenters. The third-order valence-corrected chi connectivity index (χ3v) is 4.20. The number of nitrogens with one attached hydrogen (secondary N) is 1. The first kappa shape index (κ1) is 15.3. The zero-order chi connectivity index (χ0) is 14.5. The number of halogens is 1. The minimum absolute atomic E-state index is 0.823. The molecule has 0 radical (unpaired) electrons. The van der Waals surface area contributed by atoms with E-state index in [1.807, 2.05) is 7.05 Å². The molecule has 1 N–H and O–H groups in total. The van der Waals surface area contributed by atoms with Crippen LogP contribution in [0.15, 0.2) is 28.7 Å². The Labute approximate surface area is 129 Å². The third-order valence-electron chi connectivity index (χ3n) is 3.46. The Morgan fingerprint density at radius 2 is 2.00 bits per heavy atom. The number of rotatable bonds is 6. The maximum absolute atomic E-state index is 4.68. The first-order chi connectivity index (χ1) is 9.67. The van der Waals surface area contributed by atoms with Gasteiger partial charge in [-0.1, -0.05) is 41.9 Å². The highest BCUT2D eigenvalue weighted by molar-refractivity contribution is 9.10. The van der Waals surface area contributed by atoms with Crippen LogP contribution in [0.5, 0.6) is 0 Å². The van der Waals surface area contributed by atoms with E-state index in [1.54, 1.807) is 0 Å². The second-order valence-corrected chi connectivity index (χ2v) is 5.80. The van der Waals surface area contributed by atoms with E-state index in [-0.39, 0.29) is 0 Å². The largest absolute Gasteiger partial charge is 0.316 e. The summed E-state index contributed by atoms with van der Waals surface area (Å²) in [6.45, 7) is 6.04. The van der Waals surface area contributed by atoms with Crippen molar-refractivity contribution in [2.75, 3.05) is 7.05 Å². The third kappa shape index (κ3) is 3.49. The zero-order valence-electron chi connectivity index (χ0n) is 12.4. The molecule has 1 heterocycles. The lowest BCUT2D eigenvalue weighted by Crippen LogP contribution is -2.08. The number of aryl methyl sites for hydroxylation is 2. The van der Waals surface area contributed by atoms with Crippen molar-refractivity contribution in [3.05, 3.63) is 51.3 Å². The van der Waals surface area contributed by atoms with Crippen molar-refractivity contribution in [1.29, 1.82) is 0 Å². The average molecular weight is 336 g/mol. The lowest BCUT2D eigenvalue weighted by molar-refractivity contribution is 0.638. The molecule has 1 aromatic heterocycles. The van der Waals surface area contributed by atoms with Crippen molar-refractivity contribution in [2.45, 2.75) is 39.8 Å². The number of hydrogen-bond donors (Lipinski definition) is 1. The SMILES string of the molecule is CCc1cc(CC)n(Cc2ccc(CNC)cc2Br)n1. The van der Waals surface area contributed by atoms with Gasteiger partial charge >= 0.3 is 0 Å². The van der Waals surface area contributed by atoms with E-state index < -0.39 is 0 Å². The summed E-state index contributed by atoms with van der Waals surface area (Å²) in [7, 11) is 1.96. The molecule has 3 nitrogen and oxygen atoms in total. The van der Waals surface area contributed by atoms with E-state index in [1.165, 1.54) is 22.5 Å². The van der Waals surface area contributed by atoms with Crippen LogP contribution in [0, 0.1) is 0 Å². The van der Waals surface area contributed by atoms with E-state index in [0.29, 0.717) is 0 Å². The highest BCUT2D eigenvalue weighted by Gasteiger charge is 2.08. The molecule has 0 fully saturated rings. The second kappa shape index (κ2) is 7.04. The number of aromatic nitrogens is 2. The molecule has 0 aliphatic heterocycles. The van der Waals surface area contributed by atoms with Gasteiger partial charge in [0.15, 0.2) is 0 Å². The Morgan fingerprint density at radius 3 is 2.60 bits per heavy atom. The number of benzene rings is 1. The lowest BCUT2D eigenvalue weighted by Gasteiger charge is -2.10. The van der Waals surface area contributed by atoms with E-state index in [9.17, 15) is 0 Å². The average Bonchev–Trinajstić information content (AvgIpc) is 2.84. The Bertz CT molecular complexity index is 575. The van der Waals surface area contributed by atoms with E-state index in [4.69, 9.17) is 0 Å². The quantitative estimate of drug-likeness (QED) is 0.874. The lowest BCUT2D eigenvalue weighted by atomic mass is 10.1. The fraction of sp³-hybridized carbons (Fsp3) is 0.438. The van der Waals surface area contributed by atoms with Crippen molar-refractivity contribution in [2.24, 2.45) is 0 Å². The maximum Gasteiger partial charge on any atom is 0.0673 e. The molecule has 0 saturated carbocycles. The Kier molecular flexibility index (Phi) is 5.38. The van der Waals surface area contributed by atoms with Crippen LogP contribution in [0.2, 0.25) is 0 Å². The molecule has 2 rings (SSSR count). The van der Waals surface area contributed by atoms with Crippen LogP contribution < -0.4 is 5.32 Å². The number of hydrogen-bond acceptors (Lipinski definition) is 2.